The Hall–Kier alpha value is -4.32. The van der Waals surface area contributed by atoms with Crippen LogP contribution in [0.1, 0.15) is 39.3 Å². The lowest BCUT2D eigenvalue weighted by Crippen LogP contribution is -2.42. The molecule has 44 heavy (non-hydrogen) atoms. The first kappa shape index (κ1) is 32.6. The second kappa shape index (κ2) is 14.9. The molecule has 0 unspecified atom stereocenters. The molecule has 1 aromatic heterocycles. The quantitative estimate of drug-likeness (QED) is 0.235. The summed E-state index contributed by atoms with van der Waals surface area (Å²) < 4.78 is 33.2. The summed E-state index contributed by atoms with van der Waals surface area (Å²) in [5.41, 5.74) is 8.11. The van der Waals surface area contributed by atoms with E-state index in [0.717, 1.165) is 11.4 Å². The number of nitrogens with zero attached hydrogens (tertiary/aromatic N) is 2. The van der Waals surface area contributed by atoms with Gasteiger partial charge in [0.2, 0.25) is 11.0 Å². The summed E-state index contributed by atoms with van der Waals surface area (Å²) in [5, 5.41) is 6.67. The molecule has 10 nitrogen and oxygen atoms in total. The molecule has 4 N–H and O–H groups in total. The highest BCUT2D eigenvalue weighted by molar-refractivity contribution is 7.89. The number of rotatable bonds is 9. The van der Waals surface area contributed by atoms with Gasteiger partial charge in [-0.1, -0.05) is 35.9 Å². The molecule has 0 saturated carbocycles. The Morgan fingerprint density at radius 3 is 2.23 bits per heavy atom. The van der Waals surface area contributed by atoms with Crippen molar-refractivity contribution in [2.75, 3.05) is 37.4 Å². The molecule has 12 heteroatoms. The van der Waals surface area contributed by atoms with Crippen LogP contribution >= 0.6 is 11.6 Å². The molecule has 2 heterocycles. The molecule has 1 aliphatic rings. The van der Waals surface area contributed by atoms with Crippen LogP contribution in [0, 0.1) is 0 Å². The second-order valence-corrected chi connectivity index (χ2v) is 12.7. The van der Waals surface area contributed by atoms with Crippen molar-refractivity contribution in [1.82, 2.24) is 9.62 Å². The molecular formula is C32H36ClN5O5S. The van der Waals surface area contributed by atoms with Crippen molar-refractivity contribution in [2.45, 2.75) is 30.5 Å². The fraction of sp³-hybridized carbons (Fsp3) is 0.250. The van der Waals surface area contributed by atoms with Crippen molar-refractivity contribution in [1.29, 1.82) is 0 Å². The van der Waals surface area contributed by atoms with Gasteiger partial charge >= 0.3 is 0 Å². The minimum Gasteiger partial charge on any atom is -0.446 e. The van der Waals surface area contributed by atoms with E-state index in [1.165, 1.54) is 10.4 Å². The van der Waals surface area contributed by atoms with Crippen LogP contribution in [0.2, 0.25) is 5.02 Å². The molecule has 3 aromatic carbocycles. The van der Waals surface area contributed by atoms with Gasteiger partial charge in [-0.05, 0) is 79.6 Å². The van der Waals surface area contributed by atoms with Gasteiger partial charge in [0.25, 0.3) is 15.9 Å². The van der Waals surface area contributed by atoms with Gasteiger partial charge in [-0.15, -0.1) is 0 Å². The molecule has 0 spiro atoms. The van der Waals surface area contributed by atoms with Gasteiger partial charge in [0.05, 0.1) is 6.54 Å². The van der Waals surface area contributed by atoms with Crippen molar-refractivity contribution < 1.29 is 22.4 Å². The summed E-state index contributed by atoms with van der Waals surface area (Å²) in [6.07, 6.45) is 1.38. The molecule has 1 aliphatic heterocycles. The molecular weight excluding hydrogens is 602 g/mol. The maximum absolute atomic E-state index is 13.1. The number of carbonyl (C=O) groups excluding carboxylic acids is 2. The third kappa shape index (κ3) is 8.85. The number of primary amides is 1. The summed E-state index contributed by atoms with van der Waals surface area (Å²) in [7, 11) is 0.246. The molecule has 0 bridgehead atoms. The molecule has 1 fully saturated rings. The SMILES string of the molecule is CN(C)c1cccc(NC2CCN(S(=O)(=O)c3ccc(CNC(=O)c4ccc(Cl)cc4)o3)CC2)c1.NC(=O)c1ccccc1. The number of hydrogen-bond donors (Lipinski definition) is 3. The van der Waals surface area contributed by atoms with Crippen LogP contribution in [0.15, 0.2) is 101 Å². The molecule has 5 rings (SSSR count). The highest BCUT2D eigenvalue weighted by Gasteiger charge is 2.31. The number of nitrogens with two attached hydrogens (primary N) is 1. The normalized spacial score (nSPS) is 13.8. The molecule has 4 aromatic rings. The maximum atomic E-state index is 13.1. The predicted octanol–water partition coefficient (Wildman–Crippen LogP) is 4.98. The van der Waals surface area contributed by atoms with Crippen LogP contribution < -0.4 is 21.3 Å². The molecule has 1 saturated heterocycles. The van der Waals surface area contributed by atoms with E-state index < -0.39 is 10.0 Å². The topological polar surface area (TPSA) is 138 Å². The zero-order valence-electron chi connectivity index (χ0n) is 24.6. The Morgan fingerprint density at radius 1 is 0.932 bits per heavy atom. The lowest BCUT2D eigenvalue weighted by Gasteiger charge is -2.31. The Balaban J connectivity index is 0.000000421. The van der Waals surface area contributed by atoms with Crippen LogP contribution in [-0.2, 0) is 16.6 Å². The van der Waals surface area contributed by atoms with E-state index in [-0.39, 0.29) is 29.5 Å². The van der Waals surface area contributed by atoms with Crippen molar-refractivity contribution in [3.63, 3.8) is 0 Å². The monoisotopic (exact) mass is 637 g/mol. The largest absolute Gasteiger partial charge is 0.446 e. The Bertz CT molecular complexity index is 1650. The van der Waals surface area contributed by atoms with Crippen LogP contribution in [-0.4, -0.2) is 57.8 Å². The predicted molar refractivity (Wildman–Crippen MR) is 172 cm³/mol. The minimum atomic E-state index is -3.75. The van der Waals surface area contributed by atoms with E-state index in [2.05, 4.69) is 16.7 Å². The smallest absolute Gasteiger partial charge is 0.276 e. The van der Waals surface area contributed by atoms with E-state index in [4.69, 9.17) is 21.8 Å². The van der Waals surface area contributed by atoms with Crippen LogP contribution in [0.4, 0.5) is 11.4 Å². The molecule has 0 aliphatic carbocycles. The fourth-order valence-electron chi connectivity index (χ4n) is 4.54. The average molecular weight is 638 g/mol. The molecule has 2 amide bonds. The highest BCUT2D eigenvalue weighted by Crippen LogP contribution is 2.25. The van der Waals surface area contributed by atoms with E-state index in [1.54, 1.807) is 54.6 Å². The van der Waals surface area contributed by atoms with E-state index in [1.807, 2.05) is 43.3 Å². The highest BCUT2D eigenvalue weighted by atomic mass is 35.5. The summed E-state index contributed by atoms with van der Waals surface area (Å²) in [5.74, 6) is -0.313. The standard InChI is InChI=1S/C25H29ClN4O4S.C7H7NO/c1-29(2)22-5-3-4-21(16-22)28-20-12-14-30(15-13-20)35(32,33)24-11-10-23(34-24)17-27-25(31)18-6-8-19(26)9-7-18;8-7(9)6-4-2-1-3-5-6/h3-11,16,20,28H,12-15,17H2,1-2H3,(H,27,31);1-5H,(H2,8,9). The Morgan fingerprint density at radius 2 is 1.61 bits per heavy atom. The zero-order valence-corrected chi connectivity index (χ0v) is 26.1. The van der Waals surface area contributed by atoms with Gasteiger partial charge < -0.3 is 25.7 Å². The van der Waals surface area contributed by atoms with Crippen molar-refractivity contribution in [3.8, 4) is 0 Å². The van der Waals surface area contributed by atoms with Crippen LogP contribution in [0.5, 0.6) is 0 Å². The van der Waals surface area contributed by atoms with Crippen LogP contribution in [0.25, 0.3) is 0 Å². The van der Waals surface area contributed by atoms with E-state index >= 15 is 0 Å². The number of halogens is 1. The maximum Gasteiger partial charge on any atom is 0.276 e. The number of carbonyl (C=O) groups is 2. The van der Waals surface area contributed by atoms with Crippen molar-refractivity contribution in [2.24, 2.45) is 5.73 Å². The van der Waals surface area contributed by atoms with Gasteiger partial charge in [-0.3, -0.25) is 9.59 Å². The number of amides is 2. The average Bonchev–Trinajstić information content (AvgIpc) is 3.52. The lowest BCUT2D eigenvalue weighted by molar-refractivity contribution is 0.0946. The summed E-state index contributed by atoms with van der Waals surface area (Å²) in [6, 6.07) is 26.6. The lowest BCUT2D eigenvalue weighted by atomic mass is 10.1. The number of hydrogen-bond acceptors (Lipinski definition) is 7. The first-order chi connectivity index (χ1) is 21.0. The Kier molecular flexibility index (Phi) is 11.0. The Labute approximate surface area is 262 Å². The van der Waals surface area contributed by atoms with E-state index in [9.17, 15) is 18.0 Å². The zero-order chi connectivity index (χ0) is 31.7. The summed E-state index contributed by atoms with van der Waals surface area (Å²) in [6.45, 7) is 0.877. The number of anilines is 2. The third-order valence-corrected chi connectivity index (χ3v) is 9.03. The number of benzene rings is 3. The second-order valence-electron chi connectivity index (χ2n) is 10.4. The number of furan rings is 1. The molecule has 232 valence electrons. The van der Waals surface area contributed by atoms with Crippen molar-refractivity contribution in [3.05, 3.63) is 113 Å². The van der Waals surface area contributed by atoms with Gasteiger partial charge in [0, 0.05) is 60.8 Å². The van der Waals surface area contributed by atoms with Gasteiger partial charge in [-0.25, -0.2) is 8.42 Å². The third-order valence-electron chi connectivity index (χ3n) is 7.01. The number of nitrogens with one attached hydrogen (secondary N) is 2. The molecule has 0 atom stereocenters. The first-order valence-corrected chi connectivity index (χ1v) is 15.9. The number of sulfonamides is 1. The van der Waals surface area contributed by atoms with E-state index in [0.29, 0.717) is 47.8 Å². The first-order valence-electron chi connectivity index (χ1n) is 14.0. The van der Waals surface area contributed by atoms with Gasteiger partial charge in [0.15, 0.2) is 0 Å². The number of piperidine rings is 1. The minimum absolute atomic E-state index is 0.0784. The van der Waals surface area contributed by atoms with Gasteiger partial charge in [-0.2, -0.15) is 4.31 Å². The summed E-state index contributed by atoms with van der Waals surface area (Å²) in [4.78, 5) is 24.7. The van der Waals surface area contributed by atoms with Gasteiger partial charge in [0.1, 0.15) is 5.76 Å². The van der Waals surface area contributed by atoms with Crippen LogP contribution in [0.3, 0.4) is 0 Å². The summed E-state index contributed by atoms with van der Waals surface area (Å²) >= 11 is 5.85. The van der Waals surface area contributed by atoms with Crippen molar-refractivity contribution >= 4 is 44.8 Å². The molecule has 0 radical (unpaired) electrons. The fourth-order valence-corrected chi connectivity index (χ4v) is 6.07.